The number of nitrogens with zero attached hydrogens (tertiary/aromatic N) is 2. The summed E-state index contributed by atoms with van der Waals surface area (Å²) >= 11 is 25.5. The van der Waals surface area contributed by atoms with Gasteiger partial charge in [0.25, 0.3) is 17.7 Å². The molecule has 11 heteroatoms. The summed E-state index contributed by atoms with van der Waals surface area (Å²) in [5, 5.41) is 2.60. The Balaban J connectivity index is 1.53. The monoisotopic (exact) mass is 660 g/mol. The second kappa shape index (κ2) is 9.45. The maximum Gasteiger partial charge on any atom is 0.274 e. The Kier molecular flexibility index (Phi) is 6.81. The predicted octanol–water partition coefficient (Wildman–Crippen LogP) is 5.66. The quantitative estimate of drug-likeness (QED) is 0.235. The van der Waals surface area contributed by atoms with E-state index in [9.17, 15) is 19.2 Å². The number of hydrazine groups is 1. The number of alkyl halides is 2. The lowest BCUT2D eigenvalue weighted by molar-refractivity contribution is -0.154. The molecule has 2 bridgehead atoms. The molecule has 182 valence electrons. The first kappa shape index (κ1) is 25.2. The van der Waals surface area contributed by atoms with Crippen molar-refractivity contribution in [3.8, 4) is 0 Å². The third kappa shape index (κ3) is 4.15. The van der Waals surface area contributed by atoms with Crippen LogP contribution in [-0.2, 0) is 9.59 Å². The Morgan fingerprint density at radius 1 is 0.886 bits per heavy atom. The van der Waals surface area contributed by atoms with Gasteiger partial charge in [-0.15, -0.1) is 0 Å². The fourth-order valence-electron chi connectivity index (χ4n) is 5.47. The second-order valence-corrected chi connectivity index (χ2v) is 12.3. The Morgan fingerprint density at radius 3 is 1.97 bits per heavy atom. The van der Waals surface area contributed by atoms with Gasteiger partial charge in [0.1, 0.15) is 6.54 Å². The van der Waals surface area contributed by atoms with E-state index in [1.165, 1.54) is 30.3 Å². The molecule has 0 radical (unpaired) electrons. The number of carbonyl (C=O) groups excluding carboxylic acids is 4. The average molecular weight is 664 g/mol. The molecule has 2 aromatic carbocycles. The lowest BCUT2D eigenvalue weighted by atomic mass is 9.81. The van der Waals surface area contributed by atoms with Crippen LogP contribution in [-0.4, -0.2) is 49.7 Å². The zero-order chi connectivity index (χ0) is 25.2. The van der Waals surface area contributed by atoms with Gasteiger partial charge in [-0.05, 0) is 60.7 Å². The normalized spacial score (nSPS) is 29.0. The Morgan fingerprint density at radius 2 is 1.43 bits per heavy atom. The highest BCUT2D eigenvalue weighted by Crippen LogP contribution is 2.60. The van der Waals surface area contributed by atoms with Crippen molar-refractivity contribution in [3.63, 3.8) is 0 Å². The number of halogens is 5. The number of hydrogen-bond acceptors (Lipinski definition) is 4. The predicted molar refractivity (Wildman–Crippen MR) is 139 cm³/mol. The van der Waals surface area contributed by atoms with Gasteiger partial charge in [0.2, 0.25) is 0 Å². The van der Waals surface area contributed by atoms with Crippen LogP contribution in [0.2, 0.25) is 15.1 Å². The van der Waals surface area contributed by atoms with Crippen molar-refractivity contribution in [1.82, 2.24) is 10.0 Å². The number of ketones is 1. The third-order valence-corrected chi connectivity index (χ3v) is 11.1. The fourth-order valence-corrected chi connectivity index (χ4v) is 7.96. The van der Waals surface area contributed by atoms with E-state index in [0.717, 1.165) is 16.4 Å². The SMILES string of the molecule is O=C(CN(C(=O)c1ccc(Cl)cc1Cl)N1C(=O)[C@@H]2[C@H]3C[C@@H]([C@@H](Br)[C@H]3Br)[C@H]2C1=O)c1ccc(Cl)cc1. The summed E-state index contributed by atoms with van der Waals surface area (Å²) in [5.74, 6) is -3.33. The number of benzene rings is 2. The van der Waals surface area contributed by atoms with E-state index in [4.69, 9.17) is 34.8 Å². The van der Waals surface area contributed by atoms with E-state index in [1.54, 1.807) is 12.1 Å². The molecule has 3 amide bonds. The highest BCUT2D eigenvalue weighted by Gasteiger charge is 2.67. The van der Waals surface area contributed by atoms with Crippen LogP contribution in [0.1, 0.15) is 27.1 Å². The van der Waals surface area contributed by atoms with E-state index in [-0.39, 0.29) is 37.6 Å². The number of carbonyl (C=O) groups is 4. The van der Waals surface area contributed by atoms with Crippen LogP contribution in [0.15, 0.2) is 42.5 Å². The minimum absolute atomic E-state index is 0.0253. The zero-order valence-electron chi connectivity index (χ0n) is 17.8. The smallest absolute Gasteiger partial charge is 0.274 e. The van der Waals surface area contributed by atoms with E-state index in [1.807, 2.05) is 0 Å². The summed E-state index contributed by atoms with van der Waals surface area (Å²) in [6, 6.07) is 10.4. The molecule has 0 spiro atoms. The molecule has 0 unspecified atom stereocenters. The molecule has 6 atom stereocenters. The molecule has 3 fully saturated rings. The van der Waals surface area contributed by atoms with Crippen LogP contribution in [0.4, 0.5) is 0 Å². The number of Topliss-reactive ketones (excluding diaryl/α,β-unsaturated/α-hetero) is 1. The lowest BCUT2D eigenvalue weighted by Crippen LogP contribution is -2.52. The zero-order valence-corrected chi connectivity index (χ0v) is 23.3. The van der Waals surface area contributed by atoms with Gasteiger partial charge < -0.3 is 0 Å². The maximum atomic E-state index is 13.7. The highest BCUT2D eigenvalue weighted by molar-refractivity contribution is 9.12. The fraction of sp³-hybridized carbons (Fsp3) is 0.333. The van der Waals surface area contributed by atoms with Crippen molar-refractivity contribution in [2.75, 3.05) is 6.54 Å². The Bertz CT molecular complexity index is 1230. The van der Waals surface area contributed by atoms with Gasteiger partial charge >= 0.3 is 0 Å². The van der Waals surface area contributed by atoms with Crippen molar-refractivity contribution < 1.29 is 19.2 Å². The van der Waals surface area contributed by atoms with Gasteiger partial charge in [0.15, 0.2) is 5.78 Å². The minimum atomic E-state index is -0.742. The molecular weight excluding hydrogens is 646 g/mol. The molecular formula is C24H17Br2Cl3N2O4. The summed E-state index contributed by atoms with van der Waals surface area (Å²) in [6.45, 7) is -0.527. The molecule has 1 heterocycles. The summed E-state index contributed by atoms with van der Waals surface area (Å²) in [7, 11) is 0. The van der Waals surface area contributed by atoms with E-state index >= 15 is 0 Å². The molecule has 2 saturated carbocycles. The second-order valence-electron chi connectivity index (χ2n) is 8.91. The average Bonchev–Trinajstić information content (AvgIpc) is 3.42. The van der Waals surface area contributed by atoms with Crippen molar-refractivity contribution in [1.29, 1.82) is 0 Å². The van der Waals surface area contributed by atoms with Gasteiger partial charge in [-0.1, -0.05) is 66.7 Å². The Labute approximate surface area is 233 Å². The van der Waals surface area contributed by atoms with Gasteiger partial charge in [-0.25, -0.2) is 5.01 Å². The maximum absolute atomic E-state index is 13.7. The molecule has 5 rings (SSSR count). The van der Waals surface area contributed by atoms with Crippen molar-refractivity contribution in [2.45, 2.75) is 16.1 Å². The summed E-state index contributed by atoms with van der Waals surface area (Å²) in [5.41, 5.74) is 0.312. The van der Waals surface area contributed by atoms with E-state index < -0.39 is 41.9 Å². The highest BCUT2D eigenvalue weighted by atomic mass is 79.9. The summed E-state index contributed by atoms with van der Waals surface area (Å²) in [4.78, 5) is 54.1. The molecule has 0 N–H and O–H groups in total. The van der Waals surface area contributed by atoms with Crippen LogP contribution in [0.3, 0.4) is 0 Å². The van der Waals surface area contributed by atoms with Crippen LogP contribution in [0.5, 0.6) is 0 Å². The number of hydrogen-bond donors (Lipinski definition) is 0. The summed E-state index contributed by atoms with van der Waals surface area (Å²) < 4.78 is 0. The molecule has 3 aliphatic rings. The first-order chi connectivity index (χ1) is 16.6. The van der Waals surface area contributed by atoms with Gasteiger partial charge in [-0.2, -0.15) is 5.01 Å². The lowest BCUT2D eigenvalue weighted by Gasteiger charge is -2.31. The minimum Gasteiger partial charge on any atom is -0.292 e. The topological polar surface area (TPSA) is 74.8 Å². The molecule has 2 aromatic rings. The van der Waals surface area contributed by atoms with E-state index in [0.29, 0.717) is 10.0 Å². The molecule has 6 nitrogen and oxygen atoms in total. The molecule has 0 aromatic heterocycles. The Hall–Kier alpha value is -1.45. The third-order valence-electron chi connectivity index (χ3n) is 7.06. The summed E-state index contributed by atoms with van der Waals surface area (Å²) in [6.07, 6.45) is 0.743. The van der Waals surface area contributed by atoms with Crippen molar-refractivity contribution in [3.05, 3.63) is 68.7 Å². The molecule has 35 heavy (non-hydrogen) atoms. The standard InChI is InChI=1S/C24H17Br2Cl3N2O4/c25-20-14-8-15(21(20)26)19-18(14)23(34)31(24(19)35)30(9-17(32)10-1-3-11(27)4-2-10)22(33)13-6-5-12(28)7-16(13)29/h1-7,14-15,18-21H,8-9H2/t14-,15-,18-,19-,20-,21+/m1/s1. The van der Waals surface area contributed by atoms with Crippen molar-refractivity contribution >= 4 is 90.2 Å². The van der Waals surface area contributed by atoms with Crippen LogP contribution < -0.4 is 0 Å². The number of rotatable bonds is 5. The van der Waals surface area contributed by atoms with Gasteiger partial charge in [-0.3, -0.25) is 19.2 Å². The number of amides is 3. The van der Waals surface area contributed by atoms with E-state index in [2.05, 4.69) is 31.9 Å². The molecule has 1 saturated heterocycles. The molecule has 1 aliphatic heterocycles. The molecule has 2 aliphatic carbocycles. The first-order valence-corrected chi connectivity index (χ1v) is 13.8. The van der Waals surface area contributed by atoms with Crippen LogP contribution in [0, 0.1) is 23.7 Å². The number of imide groups is 1. The first-order valence-electron chi connectivity index (χ1n) is 10.8. The number of fused-ring (bicyclic) bond motifs is 5. The van der Waals surface area contributed by atoms with Gasteiger partial charge in [0.05, 0.1) is 22.4 Å². The van der Waals surface area contributed by atoms with Crippen LogP contribution in [0.25, 0.3) is 0 Å². The van der Waals surface area contributed by atoms with Crippen LogP contribution >= 0.6 is 66.7 Å². The van der Waals surface area contributed by atoms with Crippen molar-refractivity contribution in [2.24, 2.45) is 23.7 Å². The largest absolute Gasteiger partial charge is 0.292 e. The van der Waals surface area contributed by atoms with Gasteiger partial charge in [0, 0.05) is 25.3 Å².